The fourth-order valence-corrected chi connectivity index (χ4v) is 3.83. The van der Waals surface area contributed by atoms with Gasteiger partial charge in [-0.2, -0.15) is 0 Å². The second-order valence-corrected chi connectivity index (χ2v) is 7.24. The number of anilines is 3. The Hall–Kier alpha value is -3.58. The molecular formula is C27H21N. The zero-order valence-corrected chi connectivity index (χ0v) is 15.8. The number of hydrogen-bond acceptors (Lipinski definition) is 1. The topological polar surface area (TPSA) is 3.24 Å². The lowest BCUT2D eigenvalue weighted by Crippen LogP contribution is -2.09. The molecule has 0 aliphatic rings. The molecule has 134 valence electrons. The quantitative estimate of drug-likeness (QED) is 0.318. The largest absolute Gasteiger partial charge is 0.310 e. The van der Waals surface area contributed by atoms with Crippen molar-refractivity contribution in [2.24, 2.45) is 0 Å². The second kappa shape index (κ2) is 6.86. The molecule has 0 heterocycles. The molecule has 1 nitrogen and oxygen atoms in total. The summed E-state index contributed by atoms with van der Waals surface area (Å²) in [7, 11) is 0. The SMILES string of the molecule is Cc1ccc2cc(N(c3ccccc3)c3ccc4ccccc4c3)ccc2c1. The van der Waals surface area contributed by atoms with E-state index < -0.39 is 0 Å². The van der Waals surface area contributed by atoms with E-state index in [0.29, 0.717) is 0 Å². The van der Waals surface area contributed by atoms with Gasteiger partial charge in [0, 0.05) is 17.1 Å². The molecule has 0 aliphatic heterocycles. The number of aryl methyl sites for hydroxylation is 1. The van der Waals surface area contributed by atoms with Crippen LogP contribution in [0.15, 0.2) is 109 Å². The minimum atomic E-state index is 1.16. The molecule has 0 saturated heterocycles. The standard InChI is InChI=1S/C27H21N/c1-20-11-12-24-19-27(16-14-23(24)17-20)28(25-9-3-2-4-10-25)26-15-13-21-7-5-6-8-22(21)18-26/h2-19H,1H3. The van der Waals surface area contributed by atoms with Crippen LogP contribution in [0.25, 0.3) is 21.5 Å². The van der Waals surface area contributed by atoms with E-state index in [9.17, 15) is 0 Å². The molecule has 0 fully saturated rings. The van der Waals surface area contributed by atoms with Crippen molar-refractivity contribution < 1.29 is 0 Å². The van der Waals surface area contributed by atoms with Gasteiger partial charge in [-0.25, -0.2) is 0 Å². The maximum Gasteiger partial charge on any atom is 0.0468 e. The van der Waals surface area contributed by atoms with Gasteiger partial charge in [-0.1, -0.05) is 78.4 Å². The lowest BCUT2D eigenvalue weighted by Gasteiger charge is -2.26. The van der Waals surface area contributed by atoms with Gasteiger partial charge >= 0.3 is 0 Å². The summed E-state index contributed by atoms with van der Waals surface area (Å²) in [5.74, 6) is 0. The first-order valence-corrected chi connectivity index (χ1v) is 9.62. The molecular weight excluding hydrogens is 338 g/mol. The molecule has 1 heteroatoms. The minimum absolute atomic E-state index is 1.16. The van der Waals surface area contributed by atoms with Crippen LogP contribution >= 0.6 is 0 Å². The van der Waals surface area contributed by atoms with Crippen LogP contribution in [0.1, 0.15) is 5.56 Å². The van der Waals surface area contributed by atoms with Crippen LogP contribution in [0.4, 0.5) is 17.1 Å². The molecule has 0 N–H and O–H groups in total. The summed E-state index contributed by atoms with van der Waals surface area (Å²) in [5, 5.41) is 5.03. The van der Waals surface area contributed by atoms with E-state index in [-0.39, 0.29) is 0 Å². The number of fused-ring (bicyclic) bond motifs is 2. The number of hydrogen-bond donors (Lipinski definition) is 0. The Morgan fingerprint density at radius 2 is 0.964 bits per heavy atom. The zero-order chi connectivity index (χ0) is 18.9. The lowest BCUT2D eigenvalue weighted by atomic mass is 10.0. The molecule has 0 radical (unpaired) electrons. The maximum absolute atomic E-state index is 2.33. The summed E-state index contributed by atoms with van der Waals surface area (Å²) in [5.41, 5.74) is 4.77. The van der Waals surface area contributed by atoms with E-state index in [1.165, 1.54) is 27.1 Å². The van der Waals surface area contributed by atoms with Crippen molar-refractivity contribution in [1.29, 1.82) is 0 Å². The van der Waals surface area contributed by atoms with Crippen LogP contribution in [0, 0.1) is 6.92 Å². The third kappa shape index (κ3) is 3.01. The molecule has 0 spiro atoms. The molecule has 5 aromatic carbocycles. The number of nitrogens with zero attached hydrogens (tertiary/aromatic N) is 1. The van der Waals surface area contributed by atoms with Crippen molar-refractivity contribution in [1.82, 2.24) is 0 Å². The van der Waals surface area contributed by atoms with Crippen LogP contribution < -0.4 is 4.90 Å². The molecule has 5 aromatic rings. The summed E-state index contributed by atoms with van der Waals surface area (Å²) < 4.78 is 0. The minimum Gasteiger partial charge on any atom is -0.310 e. The van der Waals surface area contributed by atoms with Gasteiger partial charge in [-0.05, 0) is 64.9 Å². The van der Waals surface area contributed by atoms with Crippen molar-refractivity contribution in [3.63, 3.8) is 0 Å². The highest BCUT2D eigenvalue weighted by molar-refractivity contribution is 5.92. The van der Waals surface area contributed by atoms with Gasteiger partial charge in [0.05, 0.1) is 0 Å². The Morgan fingerprint density at radius 1 is 0.429 bits per heavy atom. The van der Waals surface area contributed by atoms with E-state index in [0.717, 1.165) is 17.1 Å². The Kier molecular flexibility index (Phi) is 4.06. The molecule has 0 saturated carbocycles. The van der Waals surface area contributed by atoms with Gasteiger partial charge < -0.3 is 4.90 Å². The van der Waals surface area contributed by atoms with Gasteiger partial charge in [0.1, 0.15) is 0 Å². The third-order valence-corrected chi connectivity index (χ3v) is 5.24. The van der Waals surface area contributed by atoms with E-state index in [1.54, 1.807) is 0 Å². The average molecular weight is 359 g/mol. The van der Waals surface area contributed by atoms with Crippen molar-refractivity contribution >= 4 is 38.6 Å². The van der Waals surface area contributed by atoms with E-state index in [1.807, 2.05) is 0 Å². The Balaban J connectivity index is 1.71. The molecule has 0 aromatic heterocycles. The van der Waals surface area contributed by atoms with Gasteiger partial charge in [0.2, 0.25) is 0 Å². The Morgan fingerprint density at radius 3 is 1.71 bits per heavy atom. The van der Waals surface area contributed by atoms with Gasteiger partial charge in [0.25, 0.3) is 0 Å². The lowest BCUT2D eigenvalue weighted by molar-refractivity contribution is 1.29. The molecule has 5 rings (SSSR count). The summed E-state index contributed by atoms with van der Waals surface area (Å²) in [6.07, 6.45) is 0. The molecule has 28 heavy (non-hydrogen) atoms. The van der Waals surface area contributed by atoms with Crippen LogP contribution in [0.3, 0.4) is 0 Å². The summed E-state index contributed by atoms with van der Waals surface area (Å²) in [6.45, 7) is 2.14. The molecule has 0 bridgehead atoms. The maximum atomic E-state index is 2.33. The van der Waals surface area contributed by atoms with Crippen LogP contribution in [-0.2, 0) is 0 Å². The molecule has 0 unspecified atom stereocenters. The first-order chi connectivity index (χ1) is 13.8. The Labute approximate surface area is 165 Å². The number of benzene rings is 5. The second-order valence-electron chi connectivity index (χ2n) is 7.24. The number of rotatable bonds is 3. The van der Waals surface area contributed by atoms with Crippen LogP contribution in [0.2, 0.25) is 0 Å². The van der Waals surface area contributed by atoms with Crippen molar-refractivity contribution in [3.8, 4) is 0 Å². The Bertz CT molecular complexity index is 1270. The fraction of sp³-hybridized carbons (Fsp3) is 0.0370. The first-order valence-electron chi connectivity index (χ1n) is 9.62. The highest BCUT2D eigenvalue weighted by Crippen LogP contribution is 2.37. The smallest absolute Gasteiger partial charge is 0.0468 e. The summed E-state index contributed by atoms with van der Waals surface area (Å²) in [4.78, 5) is 2.33. The van der Waals surface area contributed by atoms with Gasteiger partial charge in [-0.3, -0.25) is 0 Å². The highest BCUT2D eigenvalue weighted by atomic mass is 15.1. The highest BCUT2D eigenvalue weighted by Gasteiger charge is 2.13. The monoisotopic (exact) mass is 359 g/mol. The fourth-order valence-electron chi connectivity index (χ4n) is 3.83. The molecule has 0 atom stereocenters. The average Bonchev–Trinajstić information content (AvgIpc) is 2.75. The van der Waals surface area contributed by atoms with Crippen molar-refractivity contribution in [2.45, 2.75) is 6.92 Å². The normalized spacial score (nSPS) is 11.0. The summed E-state index contributed by atoms with van der Waals surface area (Å²) in [6, 6.07) is 39.1. The van der Waals surface area contributed by atoms with Crippen LogP contribution in [0.5, 0.6) is 0 Å². The van der Waals surface area contributed by atoms with Crippen molar-refractivity contribution in [2.75, 3.05) is 4.90 Å². The van der Waals surface area contributed by atoms with E-state index in [4.69, 9.17) is 0 Å². The van der Waals surface area contributed by atoms with Crippen molar-refractivity contribution in [3.05, 3.63) is 115 Å². The van der Waals surface area contributed by atoms with Gasteiger partial charge in [0.15, 0.2) is 0 Å². The predicted molar refractivity (Wildman–Crippen MR) is 121 cm³/mol. The van der Waals surface area contributed by atoms with E-state index >= 15 is 0 Å². The summed E-state index contributed by atoms with van der Waals surface area (Å²) >= 11 is 0. The number of para-hydroxylation sites is 1. The third-order valence-electron chi connectivity index (χ3n) is 5.24. The molecule has 0 amide bonds. The first kappa shape index (κ1) is 16.6. The van der Waals surface area contributed by atoms with Crippen LogP contribution in [-0.4, -0.2) is 0 Å². The molecule has 0 aliphatic carbocycles. The predicted octanol–water partition coefficient (Wildman–Crippen LogP) is 7.77. The zero-order valence-electron chi connectivity index (χ0n) is 15.8. The van der Waals surface area contributed by atoms with Gasteiger partial charge in [-0.15, -0.1) is 0 Å². The van der Waals surface area contributed by atoms with E-state index in [2.05, 4.69) is 121 Å².